The van der Waals surface area contributed by atoms with Crippen LogP contribution in [0.1, 0.15) is 28.9 Å². The van der Waals surface area contributed by atoms with E-state index in [1.54, 1.807) is 23.0 Å². The molecule has 6 heteroatoms. The van der Waals surface area contributed by atoms with Crippen LogP contribution in [0.5, 0.6) is 0 Å². The van der Waals surface area contributed by atoms with Crippen LogP contribution in [-0.4, -0.2) is 40.1 Å². The minimum atomic E-state index is -0.0813. The predicted molar refractivity (Wildman–Crippen MR) is 75.7 cm³/mol. The molecule has 0 spiro atoms. The standard InChI is InChI=1S/C14H19N5O/c1-10-12(13-16-5-2-8-19(13)18-10)14(20)17-7-4-11-3-6-15-9-11/h2,5,8,11,15H,3-4,6-7,9H2,1H3,(H,17,20). The number of hydrogen-bond donors (Lipinski definition) is 2. The van der Waals surface area contributed by atoms with E-state index >= 15 is 0 Å². The van der Waals surface area contributed by atoms with E-state index in [0.717, 1.165) is 19.5 Å². The van der Waals surface area contributed by atoms with E-state index in [1.807, 2.05) is 6.92 Å². The first-order valence-electron chi connectivity index (χ1n) is 7.04. The van der Waals surface area contributed by atoms with Crippen molar-refractivity contribution in [1.29, 1.82) is 0 Å². The molecule has 1 saturated heterocycles. The second-order valence-corrected chi connectivity index (χ2v) is 5.25. The van der Waals surface area contributed by atoms with E-state index in [0.29, 0.717) is 29.4 Å². The van der Waals surface area contributed by atoms with Gasteiger partial charge in [-0.1, -0.05) is 0 Å². The van der Waals surface area contributed by atoms with Crippen molar-refractivity contribution < 1.29 is 4.79 Å². The molecule has 1 aliphatic rings. The third kappa shape index (κ3) is 2.51. The molecular weight excluding hydrogens is 254 g/mol. The summed E-state index contributed by atoms with van der Waals surface area (Å²) in [6.07, 6.45) is 5.70. The number of rotatable bonds is 4. The van der Waals surface area contributed by atoms with E-state index < -0.39 is 0 Å². The summed E-state index contributed by atoms with van der Waals surface area (Å²) in [5.74, 6) is 0.598. The molecule has 1 amide bonds. The van der Waals surface area contributed by atoms with Gasteiger partial charge in [0.2, 0.25) is 0 Å². The van der Waals surface area contributed by atoms with Crippen LogP contribution >= 0.6 is 0 Å². The van der Waals surface area contributed by atoms with Crippen molar-refractivity contribution in [2.24, 2.45) is 5.92 Å². The molecule has 20 heavy (non-hydrogen) atoms. The molecule has 0 bridgehead atoms. The quantitative estimate of drug-likeness (QED) is 0.863. The van der Waals surface area contributed by atoms with E-state index in [4.69, 9.17) is 0 Å². The lowest BCUT2D eigenvalue weighted by atomic mass is 10.1. The highest BCUT2D eigenvalue weighted by Crippen LogP contribution is 2.14. The Morgan fingerprint density at radius 3 is 3.30 bits per heavy atom. The Morgan fingerprint density at radius 1 is 1.60 bits per heavy atom. The van der Waals surface area contributed by atoms with Crippen molar-refractivity contribution in [2.75, 3.05) is 19.6 Å². The SMILES string of the molecule is Cc1nn2cccnc2c1C(=O)NCCC1CCNC1. The highest BCUT2D eigenvalue weighted by molar-refractivity contribution is 6.00. The highest BCUT2D eigenvalue weighted by Gasteiger charge is 2.19. The molecule has 0 saturated carbocycles. The van der Waals surface area contributed by atoms with E-state index in [2.05, 4.69) is 20.7 Å². The van der Waals surface area contributed by atoms with Gasteiger partial charge in [-0.05, 0) is 44.8 Å². The zero-order valence-electron chi connectivity index (χ0n) is 11.6. The van der Waals surface area contributed by atoms with Gasteiger partial charge >= 0.3 is 0 Å². The molecule has 1 atom stereocenters. The molecule has 2 aromatic heterocycles. The van der Waals surface area contributed by atoms with Gasteiger partial charge in [0.1, 0.15) is 5.56 Å². The predicted octanol–water partition coefficient (Wildman–Crippen LogP) is 0.767. The van der Waals surface area contributed by atoms with Gasteiger partial charge in [0.25, 0.3) is 5.91 Å². The molecule has 1 fully saturated rings. The number of amides is 1. The summed E-state index contributed by atoms with van der Waals surface area (Å²) in [6.45, 7) is 4.70. The number of hydrogen-bond acceptors (Lipinski definition) is 4. The van der Waals surface area contributed by atoms with Gasteiger partial charge in [-0.25, -0.2) is 9.50 Å². The first-order chi connectivity index (χ1) is 9.75. The topological polar surface area (TPSA) is 71.3 Å². The smallest absolute Gasteiger partial charge is 0.257 e. The van der Waals surface area contributed by atoms with E-state index in [9.17, 15) is 4.79 Å². The maximum Gasteiger partial charge on any atom is 0.257 e. The minimum absolute atomic E-state index is 0.0813. The van der Waals surface area contributed by atoms with Gasteiger partial charge < -0.3 is 10.6 Å². The molecule has 0 radical (unpaired) electrons. The van der Waals surface area contributed by atoms with Gasteiger partial charge in [0.15, 0.2) is 5.65 Å². The van der Waals surface area contributed by atoms with Gasteiger partial charge in [0, 0.05) is 18.9 Å². The molecule has 3 rings (SSSR count). The maximum absolute atomic E-state index is 12.3. The lowest BCUT2D eigenvalue weighted by Crippen LogP contribution is -2.27. The Hall–Kier alpha value is -1.95. The molecule has 2 aromatic rings. The van der Waals surface area contributed by atoms with Crippen LogP contribution in [0.2, 0.25) is 0 Å². The number of aryl methyl sites for hydroxylation is 1. The molecule has 106 valence electrons. The van der Waals surface area contributed by atoms with Gasteiger partial charge in [-0.2, -0.15) is 5.10 Å². The Bertz CT molecular complexity index is 615. The molecule has 6 nitrogen and oxygen atoms in total. The van der Waals surface area contributed by atoms with Gasteiger partial charge in [-0.3, -0.25) is 4.79 Å². The summed E-state index contributed by atoms with van der Waals surface area (Å²) in [7, 11) is 0. The summed E-state index contributed by atoms with van der Waals surface area (Å²) >= 11 is 0. The second-order valence-electron chi connectivity index (χ2n) is 5.25. The van der Waals surface area contributed by atoms with Crippen LogP contribution < -0.4 is 10.6 Å². The van der Waals surface area contributed by atoms with E-state index in [-0.39, 0.29) is 5.91 Å². The summed E-state index contributed by atoms with van der Waals surface area (Å²) in [5.41, 5.74) is 1.91. The Kier molecular flexibility index (Phi) is 3.64. The average molecular weight is 273 g/mol. The largest absolute Gasteiger partial charge is 0.352 e. The maximum atomic E-state index is 12.3. The zero-order valence-corrected chi connectivity index (χ0v) is 11.6. The Balaban J connectivity index is 1.67. The highest BCUT2D eigenvalue weighted by atomic mass is 16.1. The number of nitrogens with one attached hydrogen (secondary N) is 2. The lowest BCUT2D eigenvalue weighted by Gasteiger charge is -2.09. The summed E-state index contributed by atoms with van der Waals surface area (Å²) in [4.78, 5) is 16.5. The number of aromatic nitrogens is 3. The van der Waals surface area contributed by atoms with Gasteiger partial charge in [0.05, 0.1) is 5.69 Å². The van der Waals surface area contributed by atoms with Crippen molar-refractivity contribution in [1.82, 2.24) is 25.2 Å². The van der Waals surface area contributed by atoms with Crippen molar-refractivity contribution in [3.8, 4) is 0 Å². The molecule has 2 N–H and O–H groups in total. The van der Waals surface area contributed by atoms with Crippen LogP contribution in [-0.2, 0) is 0 Å². The summed E-state index contributed by atoms with van der Waals surface area (Å²) in [6, 6.07) is 1.80. The third-order valence-corrected chi connectivity index (χ3v) is 3.80. The monoisotopic (exact) mass is 273 g/mol. The molecule has 1 aliphatic heterocycles. The summed E-state index contributed by atoms with van der Waals surface area (Å²) in [5, 5.41) is 10.6. The van der Waals surface area contributed by atoms with Crippen LogP contribution in [0.15, 0.2) is 18.5 Å². The number of nitrogens with zero attached hydrogens (tertiary/aromatic N) is 3. The van der Waals surface area contributed by atoms with Crippen molar-refractivity contribution in [3.05, 3.63) is 29.7 Å². The van der Waals surface area contributed by atoms with E-state index in [1.165, 1.54) is 6.42 Å². The lowest BCUT2D eigenvalue weighted by molar-refractivity contribution is 0.0952. The van der Waals surface area contributed by atoms with Crippen LogP contribution in [0.3, 0.4) is 0 Å². The second kappa shape index (κ2) is 5.58. The van der Waals surface area contributed by atoms with Crippen LogP contribution in [0.25, 0.3) is 5.65 Å². The number of fused-ring (bicyclic) bond motifs is 1. The first-order valence-corrected chi connectivity index (χ1v) is 7.04. The molecule has 0 aromatic carbocycles. The molecule has 0 aliphatic carbocycles. The zero-order chi connectivity index (χ0) is 13.9. The van der Waals surface area contributed by atoms with Crippen molar-refractivity contribution in [3.63, 3.8) is 0 Å². The number of carbonyl (C=O) groups is 1. The first kappa shape index (κ1) is 13.1. The average Bonchev–Trinajstić information content (AvgIpc) is 3.04. The van der Waals surface area contributed by atoms with Crippen molar-refractivity contribution >= 4 is 11.6 Å². The molecule has 3 heterocycles. The normalized spacial score (nSPS) is 18.6. The third-order valence-electron chi connectivity index (χ3n) is 3.80. The molecule has 1 unspecified atom stereocenters. The fourth-order valence-corrected chi connectivity index (χ4v) is 2.70. The number of carbonyl (C=O) groups excluding carboxylic acids is 1. The Labute approximate surface area is 117 Å². The van der Waals surface area contributed by atoms with Crippen LogP contribution in [0.4, 0.5) is 0 Å². The minimum Gasteiger partial charge on any atom is -0.352 e. The fourth-order valence-electron chi connectivity index (χ4n) is 2.70. The van der Waals surface area contributed by atoms with Crippen molar-refractivity contribution in [2.45, 2.75) is 19.8 Å². The van der Waals surface area contributed by atoms with Crippen LogP contribution in [0, 0.1) is 12.8 Å². The van der Waals surface area contributed by atoms with Gasteiger partial charge in [-0.15, -0.1) is 0 Å². The molecular formula is C14H19N5O. The Morgan fingerprint density at radius 2 is 2.50 bits per heavy atom. The fraction of sp³-hybridized carbons (Fsp3) is 0.500. The summed E-state index contributed by atoms with van der Waals surface area (Å²) < 4.78 is 1.64.